The third-order valence-corrected chi connectivity index (χ3v) is 2.55. The number of carboxylic acid groups (broad SMARTS) is 2. The van der Waals surface area contributed by atoms with E-state index in [1.165, 1.54) is 6.07 Å². The molecule has 0 saturated carbocycles. The van der Waals surface area contributed by atoms with Crippen molar-refractivity contribution in [1.82, 2.24) is 0 Å². The summed E-state index contributed by atoms with van der Waals surface area (Å²) in [7, 11) is 0. The van der Waals surface area contributed by atoms with Gasteiger partial charge in [-0.25, -0.2) is 4.79 Å². The summed E-state index contributed by atoms with van der Waals surface area (Å²) in [6.07, 6.45) is 0. The van der Waals surface area contributed by atoms with Gasteiger partial charge in [-0.1, -0.05) is 6.07 Å². The van der Waals surface area contributed by atoms with Crippen molar-refractivity contribution < 1.29 is 19.8 Å². The predicted octanol–water partition coefficient (Wildman–Crippen LogP) is 1.09. The molecule has 0 aliphatic heterocycles. The van der Waals surface area contributed by atoms with Crippen LogP contribution in [-0.4, -0.2) is 22.2 Å². The van der Waals surface area contributed by atoms with Crippen LogP contribution in [0.15, 0.2) is 12.1 Å². The minimum atomic E-state index is -1.20. The quantitative estimate of drug-likeness (QED) is 0.712. The molecule has 5 nitrogen and oxygen atoms in total. The van der Waals surface area contributed by atoms with Crippen LogP contribution in [0, 0.1) is 13.8 Å². The van der Waals surface area contributed by atoms with E-state index in [9.17, 15) is 9.59 Å². The van der Waals surface area contributed by atoms with Crippen molar-refractivity contribution in [3.8, 4) is 0 Å². The molecule has 0 heterocycles. The molecule has 0 bridgehead atoms. The second-order valence-electron chi connectivity index (χ2n) is 3.63. The Labute approximate surface area is 92.5 Å². The number of carbonyl (C=O) groups is 2. The lowest BCUT2D eigenvalue weighted by molar-refractivity contribution is -0.138. The average Bonchev–Trinajstić information content (AvgIpc) is 2.20. The molecule has 86 valence electrons. The van der Waals surface area contributed by atoms with Gasteiger partial charge in [-0.15, -0.1) is 0 Å². The molecule has 16 heavy (non-hydrogen) atoms. The Hall–Kier alpha value is -1.88. The van der Waals surface area contributed by atoms with Crippen LogP contribution in [0.2, 0.25) is 0 Å². The third kappa shape index (κ3) is 2.20. The van der Waals surface area contributed by atoms with Crippen LogP contribution in [0.1, 0.15) is 33.1 Å². The van der Waals surface area contributed by atoms with Crippen LogP contribution >= 0.6 is 0 Å². The molecule has 0 spiro atoms. The van der Waals surface area contributed by atoms with Crippen molar-refractivity contribution >= 4 is 11.9 Å². The number of aliphatic carboxylic acids is 1. The Balaban J connectivity index is 3.34. The molecule has 0 saturated heterocycles. The fraction of sp³-hybridized carbons (Fsp3) is 0.273. The smallest absolute Gasteiger partial charge is 0.335 e. The molecule has 1 unspecified atom stereocenters. The first-order valence-corrected chi connectivity index (χ1v) is 4.67. The standard InChI is InChI=1S/C11H13NO4/c1-5-3-7(9(12)11(15)16)4-8(6(5)2)10(13)14/h3-4,9H,12H2,1-2H3,(H,13,14)(H,15,16). The van der Waals surface area contributed by atoms with Crippen LogP contribution < -0.4 is 5.73 Å². The zero-order chi connectivity index (χ0) is 12.5. The highest BCUT2D eigenvalue weighted by Gasteiger charge is 2.18. The number of aromatic carboxylic acids is 1. The number of hydrogen-bond donors (Lipinski definition) is 3. The molecule has 1 aromatic carbocycles. The van der Waals surface area contributed by atoms with E-state index < -0.39 is 18.0 Å². The third-order valence-electron chi connectivity index (χ3n) is 2.55. The SMILES string of the molecule is Cc1cc(C(N)C(=O)O)cc(C(=O)O)c1C. The normalized spacial score (nSPS) is 12.2. The Bertz CT molecular complexity index is 454. The topological polar surface area (TPSA) is 101 Å². The number of carboxylic acids is 2. The van der Waals surface area contributed by atoms with E-state index in [0.29, 0.717) is 16.7 Å². The van der Waals surface area contributed by atoms with Crippen LogP contribution in [0.4, 0.5) is 0 Å². The maximum Gasteiger partial charge on any atom is 0.335 e. The maximum atomic E-state index is 10.9. The van der Waals surface area contributed by atoms with Crippen molar-refractivity contribution in [2.75, 3.05) is 0 Å². The summed E-state index contributed by atoms with van der Waals surface area (Å²) in [5, 5.41) is 17.7. The summed E-state index contributed by atoms with van der Waals surface area (Å²) in [6.45, 7) is 3.40. The van der Waals surface area contributed by atoms with Gasteiger partial charge in [0.2, 0.25) is 0 Å². The van der Waals surface area contributed by atoms with E-state index >= 15 is 0 Å². The van der Waals surface area contributed by atoms with Gasteiger partial charge >= 0.3 is 11.9 Å². The summed E-state index contributed by atoms with van der Waals surface area (Å²) < 4.78 is 0. The van der Waals surface area contributed by atoms with Crippen molar-refractivity contribution in [3.63, 3.8) is 0 Å². The largest absolute Gasteiger partial charge is 0.480 e. The van der Waals surface area contributed by atoms with Gasteiger partial charge in [0, 0.05) is 0 Å². The fourth-order valence-corrected chi connectivity index (χ4v) is 1.43. The fourth-order valence-electron chi connectivity index (χ4n) is 1.43. The molecule has 0 amide bonds. The van der Waals surface area contributed by atoms with E-state index in [1.807, 2.05) is 0 Å². The first-order valence-electron chi connectivity index (χ1n) is 4.67. The van der Waals surface area contributed by atoms with Crippen LogP contribution in [0.3, 0.4) is 0 Å². The van der Waals surface area contributed by atoms with Gasteiger partial charge < -0.3 is 15.9 Å². The molecule has 0 aliphatic rings. The Morgan fingerprint density at radius 1 is 1.25 bits per heavy atom. The summed E-state index contributed by atoms with van der Waals surface area (Å²) in [6, 6.07) is 1.71. The Kier molecular flexibility index (Phi) is 3.29. The molecular weight excluding hydrogens is 210 g/mol. The second-order valence-corrected chi connectivity index (χ2v) is 3.63. The zero-order valence-electron chi connectivity index (χ0n) is 9.02. The average molecular weight is 223 g/mol. The van der Waals surface area contributed by atoms with Crippen molar-refractivity contribution in [2.24, 2.45) is 5.73 Å². The molecule has 0 radical (unpaired) electrons. The van der Waals surface area contributed by atoms with Gasteiger partial charge in [0.15, 0.2) is 0 Å². The van der Waals surface area contributed by atoms with Crippen LogP contribution in [0.5, 0.6) is 0 Å². The molecule has 0 aromatic heterocycles. The molecule has 0 aliphatic carbocycles. The van der Waals surface area contributed by atoms with Crippen molar-refractivity contribution in [1.29, 1.82) is 0 Å². The molecule has 1 atom stereocenters. The van der Waals surface area contributed by atoms with Gasteiger partial charge in [0.25, 0.3) is 0 Å². The highest BCUT2D eigenvalue weighted by Crippen LogP contribution is 2.20. The summed E-state index contributed by atoms with van der Waals surface area (Å²) >= 11 is 0. The highest BCUT2D eigenvalue weighted by molar-refractivity contribution is 5.90. The Morgan fingerprint density at radius 2 is 1.81 bits per heavy atom. The summed E-state index contributed by atoms with van der Waals surface area (Å²) in [5.74, 6) is -2.26. The lowest BCUT2D eigenvalue weighted by Crippen LogP contribution is -2.21. The van der Waals surface area contributed by atoms with Gasteiger partial charge in [0.05, 0.1) is 5.56 Å². The molecular formula is C11H13NO4. The van der Waals surface area contributed by atoms with E-state index in [1.54, 1.807) is 19.9 Å². The van der Waals surface area contributed by atoms with Crippen molar-refractivity contribution in [3.05, 3.63) is 34.4 Å². The van der Waals surface area contributed by atoms with E-state index in [2.05, 4.69) is 0 Å². The van der Waals surface area contributed by atoms with Crippen LogP contribution in [0.25, 0.3) is 0 Å². The molecule has 5 heteroatoms. The Morgan fingerprint density at radius 3 is 2.25 bits per heavy atom. The zero-order valence-corrected chi connectivity index (χ0v) is 9.02. The monoisotopic (exact) mass is 223 g/mol. The van der Waals surface area contributed by atoms with Gasteiger partial charge in [-0.2, -0.15) is 0 Å². The molecule has 1 rings (SSSR count). The first kappa shape index (κ1) is 12.2. The van der Waals surface area contributed by atoms with Gasteiger partial charge in [-0.05, 0) is 36.6 Å². The van der Waals surface area contributed by atoms with Gasteiger partial charge in [-0.3, -0.25) is 4.79 Å². The van der Waals surface area contributed by atoms with E-state index in [-0.39, 0.29) is 5.56 Å². The summed E-state index contributed by atoms with van der Waals surface area (Å²) in [5.41, 5.74) is 7.16. The van der Waals surface area contributed by atoms with Gasteiger partial charge in [0.1, 0.15) is 6.04 Å². The van der Waals surface area contributed by atoms with E-state index in [0.717, 1.165) is 0 Å². The van der Waals surface area contributed by atoms with Crippen molar-refractivity contribution in [2.45, 2.75) is 19.9 Å². The number of benzene rings is 1. The molecule has 4 N–H and O–H groups in total. The molecule has 0 fully saturated rings. The number of aryl methyl sites for hydroxylation is 1. The number of rotatable bonds is 3. The maximum absolute atomic E-state index is 10.9. The lowest BCUT2D eigenvalue weighted by atomic mass is 9.96. The summed E-state index contributed by atoms with van der Waals surface area (Å²) in [4.78, 5) is 21.6. The predicted molar refractivity (Wildman–Crippen MR) is 57.4 cm³/mol. The highest BCUT2D eigenvalue weighted by atomic mass is 16.4. The second kappa shape index (κ2) is 4.32. The lowest BCUT2D eigenvalue weighted by Gasteiger charge is -2.12. The van der Waals surface area contributed by atoms with Crippen LogP contribution in [-0.2, 0) is 4.79 Å². The number of nitrogens with two attached hydrogens (primary N) is 1. The first-order chi connectivity index (χ1) is 7.34. The number of hydrogen-bond acceptors (Lipinski definition) is 3. The minimum absolute atomic E-state index is 0.0895. The minimum Gasteiger partial charge on any atom is -0.480 e. The molecule has 1 aromatic rings. The van der Waals surface area contributed by atoms with E-state index in [4.69, 9.17) is 15.9 Å².